The van der Waals surface area contributed by atoms with Crippen LogP contribution in [0.2, 0.25) is 0 Å². The molecule has 0 aromatic rings. The molecule has 130 valence electrons. The number of hydrogen-bond donors (Lipinski definition) is 3. The number of rotatable bonds is 6. The Labute approximate surface area is 138 Å². The van der Waals surface area contributed by atoms with Gasteiger partial charge in [-0.15, -0.1) is 0 Å². The minimum Gasteiger partial charge on any atom is -0.480 e. The van der Waals surface area contributed by atoms with Gasteiger partial charge in [-0.1, -0.05) is 32.1 Å². The molecule has 5 nitrogen and oxygen atoms in total. The molecule has 3 saturated carbocycles. The van der Waals surface area contributed by atoms with E-state index in [2.05, 4.69) is 5.32 Å². The van der Waals surface area contributed by atoms with Gasteiger partial charge in [0.1, 0.15) is 6.04 Å². The number of carbonyl (C=O) groups excluding carboxylic acids is 1. The Bertz CT molecular complexity index is 445. The highest BCUT2D eigenvalue weighted by Crippen LogP contribution is 2.60. The predicted molar refractivity (Wildman–Crippen MR) is 87.7 cm³/mol. The quantitative estimate of drug-likeness (QED) is 0.699. The molecule has 3 rings (SSSR count). The second kappa shape index (κ2) is 6.80. The van der Waals surface area contributed by atoms with Gasteiger partial charge in [0.2, 0.25) is 5.91 Å². The molecule has 1 atom stereocenters. The molecule has 3 aliphatic rings. The second-order valence-corrected chi connectivity index (χ2v) is 8.25. The van der Waals surface area contributed by atoms with Gasteiger partial charge in [0.25, 0.3) is 0 Å². The van der Waals surface area contributed by atoms with Crippen molar-refractivity contribution in [3.63, 3.8) is 0 Å². The monoisotopic (exact) mass is 322 g/mol. The van der Waals surface area contributed by atoms with Crippen LogP contribution in [0.1, 0.15) is 64.2 Å². The lowest BCUT2D eigenvalue weighted by molar-refractivity contribution is -0.148. The van der Waals surface area contributed by atoms with E-state index < -0.39 is 12.0 Å². The Morgan fingerprint density at radius 1 is 1.09 bits per heavy atom. The van der Waals surface area contributed by atoms with Crippen molar-refractivity contribution in [1.29, 1.82) is 0 Å². The summed E-state index contributed by atoms with van der Waals surface area (Å²) in [6.07, 6.45) is 10.6. The van der Waals surface area contributed by atoms with Crippen LogP contribution in [-0.2, 0) is 9.59 Å². The lowest BCUT2D eigenvalue weighted by atomic mass is 9.48. The summed E-state index contributed by atoms with van der Waals surface area (Å²) in [4.78, 5) is 23.8. The molecule has 0 bridgehead atoms. The summed E-state index contributed by atoms with van der Waals surface area (Å²) in [5, 5.41) is 12.2. The Morgan fingerprint density at radius 3 is 2.30 bits per heavy atom. The average Bonchev–Trinajstić information content (AvgIpc) is 2.45. The fourth-order valence-corrected chi connectivity index (χ4v) is 5.10. The maximum atomic E-state index is 12.4. The number of nitrogens with two attached hydrogens (primary N) is 1. The van der Waals surface area contributed by atoms with E-state index in [0.29, 0.717) is 23.7 Å². The third-order valence-corrected chi connectivity index (χ3v) is 6.41. The minimum atomic E-state index is -0.884. The molecule has 1 unspecified atom stereocenters. The van der Waals surface area contributed by atoms with Crippen molar-refractivity contribution in [2.24, 2.45) is 28.9 Å². The van der Waals surface area contributed by atoms with Crippen molar-refractivity contribution in [2.45, 2.75) is 70.3 Å². The summed E-state index contributed by atoms with van der Waals surface area (Å²) in [6.45, 7) is 0.751. The predicted octanol–water partition coefficient (Wildman–Crippen LogP) is 2.29. The lowest BCUT2D eigenvalue weighted by Crippen LogP contribution is -2.55. The SMILES string of the molecule is NCC1CC2(C1)CC(C(=O)NC(CC1CCCCC1)C(=O)O)C2. The molecule has 0 aliphatic heterocycles. The molecule has 23 heavy (non-hydrogen) atoms. The van der Waals surface area contributed by atoms with E-state index in [0.717, 1.165) is 45.1 Å². The third-order valence-electron chi connectivity index (χ3n) is 6.41. The van der Waals surface area contributed by atoms with Gasteiger partial charge in [0.05, 0.1) is 0 Å². The number of carboxylic acid groups (broad SMARTS) is 1. The van der Waals surface area contributed by atoms with Gasteiger partial charge >= 0.3 is 5.97 Å². The van der Waals surface area contributed by atoms with Gasteiger partial charge in [-0.2, -0.15) is 0 Å². The maximum absolute atomic E-state index is 12.4. The zero-order valence-corrected chi connectivity index (χ0v) is 13.9. The number of carbonyl (C=O) groups is 2. The number of amides is 1. The lowest BCUT2D eigenvalue weighted by Gasteiger charge is -2.57. The second-order valence-electron chi connectivity index (χ2n) is 8.25. The Morgan fingerprint density at radius 2 is 1.74 bits per heavy atom. The van der Waals surface area contributed by atoms with Crippen LogP contribution < -0.4 is 11.1 Å². The van der Waals surface area contributed by atoms with Crippen molar-refractivity contribution in [3.05, 3.63) is 0 Å². The summed E-state index contributed by atoms with van der Waals surface area (Å²) in [5.41, 5.74) is 6.03. The normalized spacial score (nSPS) is 35.2. The molecular formula is C18H30N2O3. The zero-order valence-electron chi connectivity index (χ0n) is 13.9. The number of carboxylic acids is 1. The molecule has 0 radical (unpaired) electrons. The van der Waals surface area contributed by atoms with Gasteiger partial charge in [0, 0.05) is 5.92 Å². The first kappa shape index (κ1) is 16.7. The van der Waals surface area contributed by atoms with E-state index in [9.17, 15) is 14.7 Å². The Balaban J connectivity index is 1.45. The topological polar surface area (TPSA) is 92.4 Å². The van der Waals surface area contributed by atoms with Gasteiger partial charge in [0.15, 0.2) is 0 Å². The van der Waals surface area contributed by atoms with E-state index in [1.165, 1.54) is 19.3 Å². The van der Waals surface area contributed by atoms with Crippen LogP contribution >= 0.6 is 0 Å². The van der Waals surface area contributed by atoms with Gasteiger partial charge in [-0.3, -0.25) is 4.79 Å². The fourth-order valence-electron chi connectivity index (χ4n) is 5.10. The van der Waals surface area contributed by atoms with Crippen molar-refractivity contribution in [2.75, 3.05) is 6.54 Å². The molecule has 3 aliphatic carbocycles. The zero-order chi connectivity index (χ0) is 16.4. The van der Waals surface area contributed by atoms with Crippen LogP contribution in [0.3, 0.4) is 0 Å². The molecule has 1 spiro atoms. The summed E-state index contributed by atoms with van der Waals surface area (Å²) in [5.74, 6) is 0.175. The highest BCUT2D eigenvalue weighted by atomic mass is 16.4. The first-order chi connectivity index (χ1) is 11.0. The Kier molecular flexibility index (Phi) is 4.95. The van der Waals surface area contributed by atoms with Crippen molar-refractivity contribution < 1.29 is 14.7 Å². The highest BCUT2D eigenvalue weighted by Gasteiger charge is 2.54. The summed E-state index contributed by atoms with van der Waals surface area (Å²) < 4.78 is 0. The fraction of sp³-hybridized carbons (Fsp3) is 0.889. The van der Waals surface area contributed by atoms with Crippen LogP contribution in [-0.4, -0.2) is 29.6 Å². The highest BCUT2D eigenvalue weighted by molar-refractivity contribution is 5.85. The van der Waals surface area contributed by atoms with Gasteiger partial charge < -0.3 is 16.2 Å². The van der Waals surface area contributed by atoms with Crippen LogP contribution in [0.5, 0.6) is 0 Å². The molecular weight excluding hydrogens is 292 g/mol. The summed E-state index contributed by atoms with van der Waals surface area (Å²) in [7, 11) is 0. The molecule has 0 heterocycles. The van der Waals surface area contributed by atoms with Crippen molar-refractivity contribution in [1.82, 2.24) is 5.32 Å². The summed E-state index contributed by atoms with van der Waals surface area (Å²) in [6, 6.07) is -0.708. The number of nitrogens with one attached hydrogen (secondary N) is 1. The van der Waals surface area contributed by atoms with Crippen LogP contribution in [0.15, 0.2) is 0 Å². The molecule has 4 N–H and O–H groups in total. The molecule has 3 fully saturated rings. The Hall–Kier alpha value is -1.10. The maximum Gasteiger partial charge on any atom is 0.326 e. The van der Waals surface area contributed by atoms with Gasteiger partial charge in [-0.25, -0.2) is 4.79 Å². The van der Waals surface area contributed by atoms with E-state index in [1.807, 2.05) is 0 Å². The molecule has 0 aromatic heterocycles. The third kappa shape index (κ3) is 3.70. The smallest absolute Gasteiger partial charge is 0.326 e. The molecule has 5 heteroatoms. The number of hydrogen-bond acceptors (Lipinski definition) is 3. The van der Waals surface area contributed by atoms with E-state index >= 15 is 0 Å². The van der Waals surface area contributed by atoms with E-state index in [-0.39, 0.29) is 11.8 Å². The first-order valence-corrected chi connectivity index (χ1v) is 9.24. The minimum absolute atomic E-state index is 0.0157. The number of aliphatic carboxylic acids is 1. The van der Waals surface area contributed by atoms with Crippen molar-refractivity contribution in [3.8, 4) is 0 Å². The summed E-state index contributed by atoms with van der Waals surface area (Å²) >= 11 is 0. The van der Waals surface area contributed by atoms with E-state index in [1.54, 1.807) is 0 Å². The van der Waals surface area contributed by atoms with Crippen LogP contribution in [0.25, 0.3) is 0 Å². The standard InChI is InChI=1S/C18H30N2O3/c19-11-13-7-18(8-13)9-14(10-18)16(21)20-15(17(22)23)6-12-4-2-1-3-5-12/h12-15H,1-11,19H2,(H,20,21)(H,22,23). The molecule has 0 aromatic carbocycles. The van der Waals surface area contributed by atoms with Crippen LogP contribution in [0.4, 0.5) is 0 Å². The average molecular weight is 322 g/mol. The first-order valence-electron chi connectivity index (χ1n) is 9.24. The van der Waals surface area contributed by atoms with Crippen LogP contribution in [0, 0.1) is 23.2 Å². The largest absolute Gasteiger partial charge is 0.480 e. The van der Waals surface area contributed by atoms with Gasteiger partial charge in [-0.05, 0) is 55.9 Å². The molecule has 0 saturated heterocycles. The van der Waals surface area contributed by atoms with Crippen molar-refractivity contribution >= 4 is 11.9 Å². The van der Waals surface area contributed by atoms with E-state index in [4.69, 9.17) is 5.73 Å². The molecule has 1 amide bonds.